The summed E-state index contributed by atoms with van der Waals surface area (Å²) in [6.45, 7) is 0.648. The van der Waals surface area contributed by atoms with Crippen molar-refractivity contribution in [3.63, 3.8) is 0 Å². The first kappa shape index (κ1) is 18.9. The van der Waals surface area contributed by atoms with E-state index in [1.165, 1.54) is 30.8 Å². The zero-order valence-corrected chi connectivity index (χ0v) is 16.1. The molecule has 0 bridgehead atoms. The van der Waals surface area contributed by atoms with Crippen molar-refractivity contribution in [3.05, 3.63) is 64.7 Å². The van der Waals surface area contributed by atoms with Crippen LogP contribution in [-0.2, 0) is 16.4 Å². The lowest BCUT2D eigenvalue weighted by atomic mass is 10.0. The Hall–Kier alpha value is -1.89. The minimum Gasteiger partial charge on any atom is -0.335 e. The van der Waals surface area contributed by atoms with Crippen molar-refractivity contribution < 1.29 is 13.2 Å². The Labute approximate surface area is 159 Å². The van der Waals surface area contributed by atoms with Crippen LogP contribution in [0.25, 0.3) is 0 Å². The zero-order chi connectivity index (χ0) is 18.7. The quantitative estimate of drug-likeness (QED) is 0.850. The zero-order valence-electron chi connectivity index (χ0n) is 14.5. The summed E-state index contributed by atoms with van der Waals surface area (Å²) in [5, 5.41) is 0.260. The topological polar surface area (TPSA) is 66.5 Å². The number of hydrogen-bond acceptors (Lipinski definition) is 3. The minimum atomic E-state index is -3.64. The summed E-state index contributed by atoms with van der Waals surface area (Å²) in [6, 6.07) is 14.3. The maximum absolute atomic E-state index is 13.1. The fourth-order valence-corrected chi connectivity index (χ4v) is 4.26. The Kier molecular flexibility index (Phi) is 5.65. The molecule has 0 aliphatic carbocycles. The van der Waals surface area contributed by atoms with Gasteiger partial charge >= 0.3 is 0 Å². The SMILES string of the molecule is CNS(=O)(=O)c1ccc(Cl)c(C(=O)N2CCCC2Cc2ccccc2)c1. The minimum absolute atomic E-state index is 0.0338. The molecule has 2 aromatic rings. The van der Waals surface area contributed by atoms with Gasteiger partial charge in [-0.3, -0.25) is 4.79 Å². The molecular formula is C19H21ClN2O3S. The standard InChI is InChI=1S/C19H21ClN2O3S/c1-21-26(24,25)16-9-10-18(20)17(13-16)19(23)22-11-5-8-15(22)12-14-6-3-2-4-7-14/h2-4,6-7,9-10,13,15,21H,5,8,11-12H2,1H3. The molecular weight excluding hydrogens is 372 g/mol. The van der Waals surface area contributed by atoms with Crippen molar-refractivity contribution in [1.29, 1.82) is 0 Å². The first-order chi connectivity index (χ1) is 12.4. The smallest absolute Gasteiger partial charge is 0.255 e. The van der Waals surface area contributed by atoms with E-state index < -0.39 is 10.0 Å². The Morgan fingerprint density at radius 1 is 1.23 bits per heavy atom. The van der Waals surface area contributed by atoms with Gasteiger partial charge in [0.1, 0.15) is 0 Å². The molecule has 1 aliphatic heterocycles. The predicted octanol–water partition coefficient (Wildman–Crippen LogP) is 3.10. The molecule has 2 aromatic carbocycles. The summed E-state index contributed by atoms with van der Waals surface area (Å²) in [6.07, 6.45) is 2.63. The van der Waals surface area contributed by atoms with Crippen molar-refractivity contribution in [1.82, 2.24) is 9.62 Å². The maximum Gasteiger partial charge on any atom is 0.255 e. The fourth-order valence-electron chi connectivity index (χ4n) is 3.31. The van der Waals surface area contributed by atoms with Gasteiger partial charge in [-0.15, -0.1) is 0 Å². The number of carbonyl (C=O) groups is 1. The van der Waals surface area contributed by atoms with Gasteiger partial charge in [0, 0.05) is 12.6 Å². The summed E-state index contributed by atoms with van der Waals surface area (Å²) < 4.78 is 26.3. The molecule has 1 fully saturated rings. The third-order valence-electron chi connectivity index (χ3n) is 4.70. The second-order valence-electron chi connectivity index (χ2n) is 6.33. The van der Waals surface area contributed by atoms with Crippen LogP contribution in [0.2, 0.25) is 5.02 Å². The molecule has 0 radical (unpaired) electrons. The van der Waals surface area contributed by atoms with Gasteiger partial charge in [0.05, 0.1) is 15.5 Å². The summed E-state index contributed by atoms with van der Waals surface area (Å²) in [7, 11) is -2.30. The number of sulfonamides is 1. The second kappa shape index (κ2) is 7.78. The number of benzene rings is 2. The lowest BCUT2D eigenvalue weighted by Crippen LogP contribution is -2.37. The third kappa shape index (κ3) is 3.92. The fraction of sp³-hybridized carbons (Fsp3) is 0.316. The monoisotopic (exact) mass is 392 g/mol. The van der Waals surface area contributed by atoms with E-state index in [4.69, 9.17) is 11.6 Å². The average molecular weight is 393 g/mol. The van der Waals surface area contributed by atoms with E-state index in [2.05, 4.69) is 4.72 Å². The van der Waals surface area contributed by atoms with E-state index in [1.807, 2.05) is 35.2 Å². The Morgan fingerprint density at radius 2 is 1.96 bits per heavy atom. The molecule has 1 N–H and O–H groups in total. The van der Waals surface area contributed by atoms with Crippen LogP contribution < -0.4 is 4.72 Å². The van der Waals surface area contributed by atoms with E-state index in [1.54, 1.807) is 0 Å². The largest absolute Gasteiger partial charge is 0.335 e. The Balaban J connectivity index is 1.87. The number of halogens is 1. The lowest BCUT2D eigenvalue weighted by Gasteiger charge is -2.25. The van der Waals surface area contributed by atoms with E-state index in [9.17, 15) is 13.2 Å². The van der Waals surface area contributed by atoms with Crippen molar-refractivity contribution in [2.75, 3.05) is 13.6 Å². The lowest BCUT2D eigenvalue weighted by molar-refractivity contribution is 0.0736. The third-order valence-corrected chi connectivity index (χ3v) is 6.44. The number of likely N-dealkylation sites (tertiary alicyclic amines) is 1. The summed E-state index contributed by atoms with van der Waals surface area (Å²) in [4.78, 5) is 14.9. The average Bonchev–Trinajstić information content (AvgIpc) is 3.10. The molecule has 1 atom stereocenters. The van der Waals surface area contributed by atoms with Crippen molar-refractivity contribution in [2.24, 2.45) is 0 Å². The predicted molar refractivity (Wildman–Crippen MR) is 102 cm³/mol. The Morgan fingerprint density at radius 3 is 2.65 bits per heavy atom. The molecule has 138 valence electrons. The molecule has 1 amide bonds. The molecule has 3 rings (SSSR count). The van der Waals surface area contributed by atoms with Crippen LogP contribution in [-0.4, -0.2) is 38.9 Å². The summed E-state index contributed by atoms with van der Waals surface area (Å²) in [5.74, 6) is -0.221. The van der Waals surface area contributed by atoms with Crippen LogP contribution in [0.3, 0.4) is 0 Å². The van der Waals surface area contributed by atoms with Crippen LogP contribution in [0.4, 0.5) is 0 Å². The molecule has 1 aliphatic rings. The number of nitrogens with zero attached hydrogens (tertiary/aromatic N) is 1. The van der Waals surface area contributed by atoms with Gasteiger partial charge < -0.3 is 4.90 Å². The molecule has 5 nitrogen and oxygen atoms in total. The Bertz CT molecular complexity index is 900. The molecule has 0 aromatic heterocycles. The molecule has 1 unspecified atom stereocenters. The molecule has 0 saturated carbocycles. The second-order valence-corrected chi connectivity index (χ2v) is 8.63. The normalized spacial score (nSPS) is 17.5. The highest BCUT2D eigenvalue weighted by molar-refractivity contribution is 7.89. The summed E-state index contributed by atoms with van der Waals surface area (Å²) >= 11 is 6.21. The highest BCUT2D eigenvalue weighted by atomic mass is 35.5. The van der Waals surface area contributed by atoms with E-state index in [-0.39, 0.29) is 27.4 Å². The molecule has 1 saturated heterocycles. The number of amides is 1. The molecule has 7 heteroatoms. The van der Waals surface area contributed by atoms with Crippen molar-refractivity contribution in [2.45, 2.75) is 30.2 Å². The van der Waals surface area contributed by atoms with Crippen LogP contribution in [0.5, 0.6) is 0 Å². The molecule has 26 heavy (non-hydrogen) atoms. The number of nitrogens with one attached hydrogen (secondary N) is 1. The van der Waals surface area contributed by atoms with Crippen molar-refractivity contribution >= 4 is 27.5 Å². The number of carbonyl (C=O) groups excluding carboxylic acids is 1. The van der Waals surface area contributed by atoms with Gasteiger partial charge in [0.2, 0.25) is 10.0 Å². The highest BCUT2D eigenvalue weighted by Crippen LogP contribution is 2.27. The van der Waals surface area contributed by atoms with Crippen molar-refractivity contribution in [3.8, 4) is 0 Å². The first-order valence-corrected chi connectivity index (χ1v) is 10.4. The van der Waals surface area contributed by atoms with Gasteiger partial charge in [-0.25, -0.2) is 13.1 Å². The number of hydrogen-bond donors (Lipinski definition) is 1. The van der Waals surface area contributed by atoms with Crippen LogP contribution in [0.15, 0.2) is 53.4 Å². The maximum atomic E-state index is 13.1. The van der Waals surface area contributed by atoms with E-state index in [0.717, 1.165) is 19.3 Å². The van der Waals surface area contributed by atoms with Gasteiger partial charge in [-0.1, -0.05) is 41.9 Å². The first-order valence-electron chi connectivity index (χ1n) is 8.50. The number of rotatable bonds is 5. The van der Waals surface area contributed by atoms with Crippen LogP contribution >= 0.6 is 11.6 Å². The van der Waals surface area contributed by atoms with Gasteiger partial charge in [0.15, 0.2) is 0 Å². The van der Waals surface area contributed by atoms with Crippen LogP contribution in [0.1, 0.15) is 28.8 Å². The van der Waals surface area contributed by atoms with E-state index in [0.29, 0.717) is 6.54 Å². The van der Waals surface area contributed by atoms with Gasteiger partial charge in [-0.05, 0) is 50.1 Å². The van der Waals surface area contributed by atoms with Crippen LogP contribution in [0, 0.1) is 0 Å². The highest BCUT2D eigenvalue weighted by Gasteiger charge is 2.31. The summed E-state index contributed by atoms with van der Waals surface area (Å²) in [5.41, 5.74) is 1.40. The molecule has 0 spiro atoms. The van der Waals surface area contributed by atoms with E-state index >= 15 is 0 Å². The van der Waals surface area contributed by atoms with Gasteiger partial charge in [0.25, 0.3) is 5.91 Å². The molecule has 1 heterocycles. The van der Waals surface area contributed by atoms with Gasteiger partial charge in [-0.2, -0.15) is 0 Å².